The van der Waals surface area contributed by atoms with E-state index in [0.29, 0.717) is 6.54 Å². The van der Waals surface area contributed by atoms with Gasteiger partial charge >= 0.3 is 0 Å². The smallest absolute Gasteiger partial charge is 0.191 e. The summed E-state index contributed by atoms with van der Waals surface area (Å²) in [5.74, 6) is 1.83. The molecule has 0 bridgehead atoms. The molecular formula is C23H28ClN5. The molecule has 0 saturated carbocycles. The van der Waals surface area contributed by atoms with Crippen molar-refractivity contribution in [1.29, 1.82) is 0 Å². The molecular weight excluding hydrogens is 382 g/mol. The van der Waals surface area contributed by atoms with Crippen LogP contribution in [0, 0.1) is 6.92 Å². The topological polar surface area (TPSA) is 54.2 Å². The Bertz CT molecular complexity index is 948. The predicted octanol–water partition coefficient (Wildman–Crippen LogP) is 4.19. The molecule has 2 aromatic carbocycles. The van der Waals surface area contributed by atoms with Gasteiger partial charge < -0.3 is 15.2 Å². The molecule has 3 aromatic rings. The minimum Gasteiger partial charge on any atom is -0.357 e. The van der Waals surface area contributed by atoms with E-state index < -0.39 is 0 Å². The first-order chi connectivity index (χ1) is 14.2. The van der Waals surface area contributed by atoms with Gasteiger partial charge in [-0.25, -0.2) is 9.98 Å². The minimum atomic E-state index is 0.623. The number of aryl methyl sites for hydroxylation is 1. The highest BCUT2D eigenvalue weighted by Gasteiger charge is 2.03. The molecule has 0 aliphatic heterocycles. The summed E-state index contributed by atoms with van der Waals surface area (Å²) in [7, 11) is 0. The van der Waals surface area contributed by atoms with Crippen molar-refractivity contribution in [2.24, 2.45) is 4.99 Å². The van der Waals surface area contributed by atoms with Crippen molar-refractivity contribution in [2.75, 3.05) is 13.1 Å². The maximum atomic E-state index is 6.24. The van der Waals surface area contributed by atoms with Crippen molar-refractivity contribution < 1.29 is 0 Å². The number of aliphatic imine (C=N–C) groups is 1. The Morgan fingerprint density at radius 3 is 2.69 bits per heavy atom. The van der Waals surface area contributed by atoms with Gasteiger partial charge in [-0.3, -0.25) is 0 Å². The molecule has 0 atom stereocenters. The average molecular weight is 410 g/mol. The van der Waals surface area contributed by atoms with Crippen molar-refractivity contribution in [3.05, 3.63) is 88.5 Å². The number of imidazole rings is 1. The maximum Gasteiger partial charge on any atom is 0.191 e. The highest BCUT2D eigenvalue weighted by molar-refractivity contribution is 6.31. The molecule has 152 valence electrons. The van der Waals surface area contributed by atoms with E-state index in [0.717, 1.165) is 48.4 Å². The Labute approximate surface area is 177 Å². The lowest BCUT2D eigenvalue weighted by Crippen LogP contribution is -2.38. The van der Waals surface area contributed by atoms with Crippen molar-refractivity contribution in [3.63, 3.8) is 0 Å². The van der Waals surface area contributed by atoms with Crippen molar-refractivity contribution in [2.45, 2.75) is 33.4 Å². The second-order valence-corrected chi connectivity index (χ2v) is 7.29. The number of rotatable bonds is 8. The lowest BCUT2D eigenvalue weighted by atomic mass is 10.1. The van der Waals surface area contributed by atoms with Crippen LogP contribution in [0.2, 0.25) is 5.02 Å². The summed E-state index contributed by atoms with van der Waals surface area (Å²) in [6, 6.07) is 16.5. The second kappa shape index (κ2) is 10.7. The van der Waals surface area contributed by atoms with Crippen LogP contribution in [0.15, 0.2) is 65.9 Å². The van der Waals surface area contributed by atoms with E-state index in [9.17, 15) is 0 Å². The molecule has 5 nitrogen and oxygen atoms in total. The van der Waals surface area contributed by atoms with Crippen molar-refractivity contribution >= 4 is 17.6 Å². The molecule has 0 aliphatic carbocycles. The van der Waals surface area contributed by atoms with Gasteiger partial charge in [0, 0.05) is 37.1 Å². The molecule has 0 aliphatic rings. The number of guanidine groups is 1. The molecule has 1 aromatic heterocycles. The van der Waals surface area contributed by atoms with Crippen LogP contribution in [0.4, 0.5) is 0 Å². The van der Waals surface area contributed by atoms with E-state index in [-0.39, 0.29) is 0 Å². The Hall–Kier alpha value is -2.79. The van der Waals surface area contributed by atoms with Crippen LogP contribution in [0.25, 0.3) is 0 Å². The third kappa shape index (κ3) is 6.36. The van der Waals surface area contributed by atoms with Crippen LogP contribution in [0.3, 0.4) is 0 Å². The van der Waals surface area contributed by atoms with Gasteiger partial charge in [0.2, 0.25) is 0 Å². The number of aromatic nitrogens is 2. The molecule has 0 saturated heterocycles. The summed E-state index contributed by atoms with van der Waals surface area (Å²) in [6.07, 6.45) is 4.69. The SMILES string of the molecule is CCNC(=NCc1cccc(Cn2ccnc2C)c1)NCCc1ccccc1Cl. The zero-order chi connectivity index (χ0) is 20.5. The average Bonchev–Trinajstić information content (AvgIpc) is 3.12. The molecule has 0 unspecified atom stereocenters. The molecule has 1 heterocycles. The Kier molecular flexibility index (Phi) is 7.70. The normalized spacial score (nSPS) is 11.5. The molecule has 6 heteroatoms. The van der Waals surface area contributed by atoms with E-state index in [1.165, 1.54) is 11.1 Å². The first kappa shape index (κ1) is 20.9. The Morgan fingerprint density at radius 1 is 1.10 bits per heavy atom. The monoisotopic (exact) mass is 409 g/mol. The van der Waals surface area contributed by atoms with E-state index in [1.54, 1.807) is 0 Å². The minimum absolute atomic E-state index is 0.623. The number of hydrogen-bond donors (Lipinski definition) is 2. The van der Waals surface area contributed by atoms with E-state index in [2.05, 4.69) is 57.4 Å². The van der Waals surface area contributed by atoms with Gasteiger partial charge in [0.25, 0.3) is 0 Å². The molecule has 0 fully saturated rings. The van der Waals surface area contributed by atoms with E-state index in [1.807, 2.05) is 37.5 Å². The van der Waals surface area contributed by atoms with Crippen LogP contribution in [0.5, 0.6) is 0 Å². The maximum absolute atomic E-state index is 6.24. The van der Waals surface area contributed by atoms with Crippen LogP contribution >= 0.6 is 11.6 Å². The Balaban J connectivity index is 1.58. The Morgan fingerprint density at radius 2 is 1.93 bits per heavy atom. The van der Waals surface area contributed by atoms with Crippen LogP contribution < -0.4 is 10.6 Å². The summed E-state index contributed by atoms with van der Waals surface area (Å²) < 4.78 is 2.14. The van der Waals surface area contributed by atoms with Gasteiger partial charge in [0.05, 0.1) is 6.54 Å². The molecule has 29 heavy (non-hydrogen) atoms. The number of benzene rings is 2. The fourth-order valence-corrected chi connectivity index (χ4v) is 3.35. The number of halogens is 1. The lowest BCUT2D eigenvalue weighted by molar-refractivity contribution is 0.760. The van der Waals surface area contributed by atoms with Gasteiger partial charge in [-0.1, -0.05) is 54.1 Å². The molecule has 0 radical (unpaired) electrons. The third-order valence-electron chi connectivity index (χ3n) is 4.68. The van der Waals surface area contributed by atoms with Crippen LogP contribution in [0.1, 0.15) is 29.4 Å². The fraction of sp³-hybridized carbons (Fsp3) is 0.304. The molecule has 2 N–H and O–H groups in total. The van der Waals surface area contributed by atoms with E-state index >= 15 is 0 Å². The predicted molar refractivity (Wildman–Crippen MR) is 120 cm³/mol. The van der Waals surface area contributed by atoms with Crippen molar-refractivity contribution in [3.8, 4) is 0 Å². The first-order valence-electron chi connectivity index (χ1n) is 9.97. The highest BCUT2D eigenvalue weighted by atomic mass is 35.5. The number of nitrogens with one attached hydrogen (secondary N) is 2. The summed E-state index contributed by atoms with van der Waals surface area (Å²) in [4.78, 5) is 9.02. The van der Waals surface area contributed by atoms with Crippen molar-refractivity contribution in [1.82, 2.24) is 20.2 Å². The number of nitrogens with zero attached hydrogens (tertiary/aromatic N) is 3. The second-order valence-electron chi connectivity index (χ2n) is 6.89. The first-order valence-corrected chi connectivity index (χ1v) is 10.3. The van der Waals surface area contributed by atoms with Gasteiger partial charge in [-0.05, 0) is 43.0 Å². The van der Waals surface area contributed by atoms with Gasteiger partial charge in [-0.15, -0.1) is 0 Å². The highest BCUT2D eigenvalue weighted by Crippen LogP contribution is 2.14. The molecule has 3 rings (SSSR count). The summed E-state index contributed by atoms with van der Waals surface area (Å²) in [5, 5.41) is 7.51. The number of hydrogen-bond acceptors (Lipinski definition) is 2. The zero-order valence-corrected chi connectivity index (χ0v) is 17.8. The lowest BCUT2D eigenvalue weighted by Gasteiger charge is -2.12. The molecule has 0 spiro atoms. The zero-order valence-electron chi connectivity index (χ0n) is 17.0. The van der Waals surface area contributed by atoms with Crippen LogP contribution in [-0.2, 0) is 19.5 Å². The third-order valence-corrected chi connectivity index (χ3v) is 5.05. The quantitative estimate of drug-likeness (QED) is 0.433. The standard InChI is InChI=1S/C23H28ClN5/c1-3-25-23(27-12-11-21-9-4-5-10-22(21)24)28-16-19-7-6-8-20(15-19)17-29-14-13-26-18(29)2/h4-10,13-15H,3,11-12,16-17H2,1-2H3,(H2,25,27,28). The largest absolute Gasteiger partial charge is 0.357 e. The summed E-state index contributed by atoms with van der Waals surface area (Å²) in [6.45, 7) is 7.12. The summed E-state index contributed by atoms with van der Waals surface area (Å²) in [5.41, 5.74) is 3.57. The van der Waals surface area contributed by atoms with Gasteiger partial charge in [-0.2, -0.15) is 0 Å². The van der Waals surface area contributed by atoms with Crippen LogP contribution in [-0.4, -0.2) is 28.6 Å². The fourth-order valence-electron chi connectivity index (χ4n) is 3.12. The van der Waals surface area contributed by atoms with Gasteiger partial charge in [0.15, 0.2) is 5.96 Å². The van der Waals surface area contributed by atoms with E-state index in [4.69, 9.17) is 16.6 Å². The van der Waals surface area contributed by atoms with Gasteiger partial charge in [0.1, 0.15) is 5.82 Å². The molecule has 0 amide bonds. The summed E-state index contributed by atoms with van der Waals surface area (Å²) >= 11 is 6.24.